The number of carbonyl (C=O) groups is 2. The fraction of sp³-hybridized carbons (Fsp3) is 0.286. The molecule has 0 aliphatic heterocycles. The van der Waals surface area contributed by atoms with E-state index in [9.17, 15) is 14.7 Å². The average molecular weight is 260 g/mol. The van der Waals surface area contributed by atoms with Crippen molar-refractivity contribution in [2.75, 3.05) is 0 Å². The second-order valence-electron chi connectivity index (χ2n) is 4.58. The molecule has 0 saturated carbocycles. The van der Waals surface area contributed by atoms with E-state index >= 15 is 0 Å². The van der Waals surface area contributed by atoms with Gasteiger partial charge in [0.2, 0.25) is 5.91 Å². The van der Waals surface area contributed by atoms with Gasteiger partial charge in [-0.2, -0.15) is 0 Å². The Morgan fingerprint density at radius 2 is 1.95 bits per heavy atom. The molecule has 100 valence electrons. The van der Waals surface area contributed by atoms with Crippen LogP contribution in [0.25, 0.3) is 0 Å². The lowest BCUT2D eigenvalue weighted by Crippen LogP contribution is -2.37. The molecule has 1 aromatic carbocycles. The molecule has 0 aromatic heterocycles. The highest BCUT2D eigenvalue weighted by Gasteiger charge is 2.28. The molecule has 0 saturated heterocycles. The van der Waals surface area contributed by atoms with Crippen molar-refractivity contribution in [3.63, 3.8) is 0 Å². The number of carboxylic acid groups (broad SMARTS) is 1. The minimum absolute atomic E-state index is 0.129. The van der Waals surface area contributed by atoms with Gasteiger partial charge in [-0.3, -0.25) is 4.79 Å². The number of hydrogen-bond acceptors (Lipinski definition) is 3. The zero-order valence-electron chi connectivity index (χ0n) is 10.3. The summed E-state index contributed by atoms with van der Waals surface area (Å²) in [6.45, 7) is 0. The highest BCUT2D eigenvalue weighted by Crippen LogP contribution is 2.19. The third-order valence-electron chi connectivity index (χ3n) is 3.12. The average Bonchev–Trinajstić information content (AvgIpc) is 2.83. The molecular weight excluding hydrogens is 244 g/mol. The Bertz CT molecular complexity index is 499. The van der Waals surface area contributed by atoms with Crippen molar-refractivity contribution in [3.05, 3.63) is 48.0 Å². The quantitative estimate of drug-likeness (QED) is 0.699. The van der Waals surface area contributed by atoms with Crippen LogP contribution in [0.5, 0.6) is 0 Å². The Hall–Kier alpha value is -2.14. The number of rotatable bonds is 4. The van der Waals surface area contributed by atoms with Gasteiger partial charge < -0.3 is 16.2 Å². The highest BCUT2D eigenvalue weighted by molar-refractivity contribution is 5.87. The molecule has 19 heavy (non-hydrogen) atoms. The number of amides is 1. The lowest BCUT2D eigenvalue weighted by atomic mass is 10.0. The first-order valence-corrected chi connectivity index (χ1v) is 6.10. The van der Waals surface area contributed by atoms with Gasteiger partial charge in [0.1, 0.15) is 0 Å². The van der Waals surface area contributed by atoms with Gasteiger partial charge in [-0.1, -0.05) is 42.5 Å². The molecule has 0 heterocycles. The maximum atomic E-state index is 12.0. The van der Waals surface area contributed by atoms with Gasteiger partial charge in [0, 0.05) is 6.04 Å². The van der Waals surface area contributed by atoms with Crippen LogP contribution in [0.3, 0.4) is 0 Å². The normalized spacial score (nSPS) is 23.0. The largest absolute Gasteiger partial charge is 0.479 e. The van der Waals surface area contributed by atoms with Crippen LogP contribution < -0.4 is 11.1 Å². The first-order valence-electron chi connectivity index (χ1n) is 6.10. The van der Waals surface area contributed by atoms with E-state index in [1.165, 1.54) is 0 Å². The molecule has 3 unspecified atom stereocenters. The van der Waals surface area contributed by atoms with Crippen LogP contribution >= 0.6 is 0 Å². The number of nitrogens with two attached hydrogens (primary N) is 1. The Labute approximate surface area is 111 Å². The second kappa shape index (κ2) is 5.67. The Kier molecular flexibility index (Phi) is 3.97. The summed E-state index contributed by atoms with van der Waals surface area (Å²) in [5.74, 6) is -1.73. The van der Waals surface area contributed by atoms with Crippen molar-refractivity contribution in [1.29, 1.82) is 0 Å². The molecule has 1 aromatic rings. The maximum absolute atomic E-state index is 12.0. The van der Waals surface area contributed by atoms with Crippen LogP contribution in [0.1, 0.15) is 18.0 Å². The molecule has 1 aliphatic rings. The first-order chi connectivity index (χ1) is 9.08. The molecule has 0 fully saturated rings. The number of nitrogens with one attached hydrogen (secondary N) is 1. The van der Waals surface area contributed by atoms with Crippen molar-refractivity contribution >= 4 is 11.9 Å². The lowest BCUT2D eigenvalue weighted by Gasteiger charge is -2.17. The van der Waals surface area contributed by atoms with E-state index < -0.39 is 12.0 Å². The van der Waals surface area contributed by atoms with E-state index in [1.54, 1.807) is 42.5 Å². The van der Waals surface area contributed by atoms with Gasteiger partial charge in [-0.15, -0.1) is 0 Å². The van der Waals surface area contributed by atoms with Gasteiger partial charge in [0.25, 0.3) is 0 Å². The van der Waals surface area contributed by atoms with Crippen LogP contribution in [0.4, 0.5) is 0 Å². The number of aliphatic carboxylic acids is 1. The predicted octanol–water partition coefficient (Wildman–Crippen LogP) is 0.832. The smallest absolute Gasteiger partial charge is 0.330 e. The Morgan fingerprint density at radius 1 is 1.26 bits per heavy atom. The molecular formula is C14H16N2O3. The summed E-state index contributed by atoms with van der Waals surface area (Å²) in [6.07, 6.45) is 4.01. The van der Waals surface area contributed by atoms with Crippen LogP contribution in [0.2, 0.25) is 0 Å². The maximum Gasteiger partial charge on any atom is 0.330 e. The van der Waals surface area contributed by atoms with E-state index in [-0.39, 0.29) is 17.9 Å². The summed E-state index contributed by atoms with van der Waals surface area (Å²) in [5.41, 5.74) is 6.23. The van der Waals surface area contributed by atoms with Crippen molar-refractivity contribution in [1.82, 2.24) is 5.32 Å². The Balaban J connectivity index is 2.08. The van der Waals surface area contributed by atoms with Gasteiger partial charge >= 0.3 is 5.97 Å². The Morgan fingerprint density at radius 3 is 2.47 bits per heavy atom. The SMILES string of the molecule is NC1C=CC(C(=O)NC(C(=O)O)c2ccccc2)C1. The number of carboxylic acids is 1. The molecule has 5 nitrogen and oxygen atoms in total. The standard InChI is InChI=1S/C14H16N2O3/c15-11-7-6-10(8-11)13(17)16-12(14(18)19)9-4-2-1-3-5-9/h1-7,10-12H,8,15H2,(H,16,17)(H,18,19). The van der Waals surface area contributed by atoms with Gasteiger partial charge in [0.15, 0.2) is 6.04 Å². The third-order valence-corrected chi connectivity index (χ3v) is 3.12. The molecule has 2 rings (SSSR count). The zero-order valence-corrected chi connectivity index (χ0v) is 10.3. The third kappa shape index (κ3) is 3.20. The van der Waals surface area contributed by atoms with Gasteiger partial charge in [0.05, 0.1) is 5.92 Å². The van der Waals surface area contributed by atoms with Crippen molar-refractivity contribution in [3.8, 4) is 0 Å². The fourth-order valence-corrected chi connectivity index (χ4v) is 2.10. The molecule has 0 spiro atoms. The number of benzene rings is 1. The minimum Gasteiger partial charge on any atom is -0.479 e. The van der Waals surface area contributed by atoms with Crippen LogP contribution in [-0.2, 0) is 9.59 Å². The lowest BCUT2D eigenvalue weighted by molar-refractivity contribution is -0.142. The van der Waals surface area contributed by atoms with Crippen molar-refractivity contribution in [2.24, 2.45) is 11.7 Å². The summed E-state index contributed by atoms with van der Waals surface area (Å²) in [5, 5.41) is 11.8. The minimum atomic E-state index is -1.08. The summed E-state index contributed by atoms with van der Waals surface area (Å²) in [6, 6.07) is 7.47. The summed E-state index contributed by atoms with van der Waals surface area (Å²) in [7, 11) is 0. The summed E-state index contributed by atoms with van der Waals surface area (Å²) >= 11 is 0. The van der Waals surface area contributed by atoms with Crippen molar-refractivity contribution < 1.29 is 14.7 Å². The second-order valence-corrected chi connectivity index (χ2v) is 4.58. The fourth-order valence-electron chi connectivity index (χ4n) is 2.10. The van der Waals surface area contributed by atoms with E-state index in [0.29, 0.717) is 12.0 Å². The van der Waals surface area contributed by atoms with Crippen molar-refractivity contribution in [2.45, 2.75) is 18.5 Å². The van der Waals surface area contributed by atoms with E-state index in [0.717, 1.165) is 0 Å². The molecule has 3 atom stereocenters. The first kappa shape index (κ1) is 13.3. The van der Waals surface area contributed by atoms with E-state index in [2.05, 4.69) is 5.32 Å². The van der Waals surface area contributed by atoms with Gasteiger partial charge in [-0.25, -0.2) is 4.79 Å². The monoisotopic (exact) mass is 260 g/mol. The van der Waals surface area contributed by atoms with Crippen LogP contribution in [0, 0.1) is 5.92 Å². The molecule has 4 N–H and O–H groups in total. The van der Waals surface area contributed by atoms with Gasteiger partial charge in [-0.05, 0) is 12.0 Å². The zero-order chi connectivity index (χ0) is 13.8. The highest BCUT2D eigenvalue weighted by atomic mass is 16.4. The van der Waals surface area contributed by atoms with Crippen LogP contribution in [-0.4, -0.2) is 23.0 Å². The van der Waals surface area contributed by atoms with E-state index in [4.69, 9.17) is 5.73 Å². The van der Waals surface area contributed by atoms with Crippen LogP contribution in [0.15, 0.2) is 42.5 Å². The predicted molar refractivity (Wildman–Crippen MR) is 70.2 cm³/mol. The molecule has 1 amide bonds. The molecule has 1 aliphatic carbocycles. The number of hydrogen-bond donors (Lipinski definition) is 3. The summed E-state index contributed by atoms with van der Waals surface area (Å²) in [4.78, 5) is 23.3. The topological polar surface area (TPSA) is 92.4 Å². The number of carbonyl (C=O) groups excluding carboxylic acids is 1. The summed E-state index contributed by atoms with van der Waals surface area (Å²) < 4.78 is 0. The molecule has 0 radical (unpaired) electrons. The van der Waals surface area contributed by atoms with E-state index in [1.807, 2.05) is 0 Å². The molecule has 0 bridgehead atoms. The molecule has 5 heteroatoms.